The molecule has 20 heavy (non-hydrogen) atoms. The molecule has 1 saturated heterocycles. The molecule has 2 rings (SSSR count). The molecule has 0 saturated carbocycles. The lowest BCUT2D eigenvalue weighted by Crippen LogP contribution is -2.49. The second-order valence-electron chi connectivity index (χ2n) is 6.00. The van der Waals surface area contributed by atoms with Gasteiger partial charge in [0.05, 0.1) is 6.04 Å². The van der Waals surface area contributed by atoms with Crippen molar-refractivity contribution in [2.75, 3.05) is 13.1 Å². The van der Waals surface area contributed by atoms with E-state index in [4.69, 9.17) is 5.73 Å². The second-order valence-corrected chi connectivity index (χ2v) is 6.00. The Morgan fingerprint density at radius 3 is 2.60 bits per heavy atom. The van der Waals surface area contributed by atoms with Crippen LogP contribution in [0.25, 0.3) is 0 Å². The van der Waals surface area contributed by atoms with E-state index in [1.807, 2.05) is 17.0 Å². The Morgan fingerprint density at radius 1 is 1.35 bits per heavy atom. The molecule has 3 atom stereocenters. The van der Waals surface area contributed by atoms with Gasteiger partial charge in [0, 0.05) is 13.1 Å². The maximum atomic E-state index is 12.4. The van der Waals surface area contributed by atoms with Crippen molar-refractivity contribution in [1.82, 2.24) is 4.90 Å². The lowest BCUT2D eigenvalue weighted by molar-refractivity contribution is -0.134. The van der Waals surface area contributed by atoms with Crippen LogP contribution in [0, 0.1) is 11.8 Å². The van der Waals surface area contributed by atoms with Crippen molar-refractivity contribution in [1.29, 1.82) is 0 Å². The number of benzene rings is 1. The minimum Gasteiger partial charge on any atom is -0.508 e. The summed E-state index contributed by atoms with van der Waals surface area (Å²) in [5.74, 6) is 1.48. The molecule has 0 aromatic heterocycles. The normalized spacial score (nSPS) is 24.4. The van der Waals surface area contributed by atoms with Gasteiger partial charge in [0.2, 0.25) is 5.91 Å². The van der Waals surface area contributed by atoms with Crippen LogP contribution in [0.15, 0.2) is 24.3 Å². The monoisotopic (exact) mass is 276 g/mol. The quantitative estimate of drug-likeness (QED) is 0.884. The molecule has 0 aliphatic carbocycles. The Hall–Kier alpha value is -1.55. The first-order valence-corrected chi connectivity index (χ1v) is 7.29. The Balaban J connectivity index is 1.93. The lowest BCUT2D eigenvalue weighted by atomic mass is 9.88. The molecule has 1 aliphatic rings. The van der Waals surface area contributed by atoms with Crippen molar-refractivity contribution in [2.45, 2.75) is 32.7 Å². The highest BCUT2D eigenvalue weighted by Crippen LogP contribution is 2.23. The maximum absolute atomic E-state index is 12.4. The molecule has 0 radical (unpaired) electrons. The third kappa shape index (κ3) is 3.51. The highest BCUT2D eigenvalue weighted by Gasteiger charge is 2.28. The Morgan fingerprint density at radius 2 is 2.00 bits per heavy atom. The highest BCUT2D eigenvalue weighted by molar-refractivity contribution is 5.82. The van der Waals surface area contributed by atoms with Gasteiger partial charge in [0.1, 0.15) is 5.75 Å². The minimum absolute atomic E-state index is 0.0387. The molecule has 3 unspecified atom stereocenters. The van der Waals surface area contributed by atoms with Gasteiger partial charge in [-0.2, -0.15) is 0 Å². The third-order valence-corrected chi connectivity index (χ3v) is 4.35. The van der Waals surface area contributed by atoms with Gasteiger partial charge in [-0.1, -0.05) is 26.0 Å². The van der Waals surface area contributed by atoms with E-state index in [0.29, 0.717) is 18.3 Å². The van der Waals surface area contributed by atoms with E-state index in [1.54, 1.807) is 12.1 Å². The SMILES string of the molecule is CC1CCN(C(=O)C(N)Cc2ccc(O)cc2)CC1C. The fourth-order valence-electron chi connectivity index (χ4n) is 2.67. The molecular formula is C16H24N2O2. The number of hydrogen-bond donors (Lipinski definition) is 2. The molecule has 1 aromatic rings. The number of carbonyl (C=O) groups excluding carboxylic acids is 1. The zero-order valence-electron chi connectivity index (χ0n) is 12.2. The van der Waals surface area contributed by atoms with Crippen LogP contribution in [-0.2, 0) is 11.2 Å². The number of aromatic hydroxyl groups is 1. The number of hydrogen-bond acceptors (Lipinski definition) is 3. The van der Waals surface area contributed by atoms with Crippen molar-refractivity contribution in [2.24, 2.45) is 17.6 Å². The lowest BCUT2D eigenvalue weighted by Gasteiger charge is -2.36. The zero-order chi connectivity index (χ0) is 14.7. The van der Waals surface area contributed by atoms with Crippen molar-refractivity contribution in [3.05, 3.63) is 29.8 Å². The zero-order valence-corrected chi connectivity index (χ0v) is 12.2. The number of carbonyl (C=O) groups is 1. The molecule has 4 nitrogen and oxygen atoms in total. The van der Waals surface area contributed by atoms with Crippen LogP contribution in [0.2, 0.25) is 0 Å². The first kappa shape index (κ1) is 14.9. The van der Waals surface area contributed by atoms with Gasteiger partial charge in [0.15, 0.2) is 0 Å². The molecule has 1 amide bonds. The van der Waals surface area contributed by atoms with E-state index >= 15 is 0 Å². The molecule has 110 valence electrons. The number of piperidine rings is 1. The maximum Gasteiger partial charge on any atom is 0.239 e. The standard InChI is InChI=1S/C16H24N2O2/c1-11-7-8-18(10-12(11)2)16(20)15(17)9-13-3-5-14(19)6-4-13/h3-6,11-12,15,19H,7-10,17H2,1-2H3. The van der Waals surface area contributed by atoms with E-state index < -0.39 is 6.04 Å². The number of phenols is 1. The third-order valence-electron chi connectivity index (χ3n) is 4.35. The predicted octanol–water partition coefficient (Wildman–Crippen LogP) is 1.77. The molecule has 1 fully saturated rings. The average molecular weight is 276 g/mol. The van der Waals surface area contributed by atoms with Crippen LogP contribution < -0.4 is 5.73 Å². The molecule has 1 aliphatic heterocycles. The van der Waals surface area contributed by atoms with Crippen LogP contribution >= 0.6 is 0 Å². The number of rotatable bonds is 3. The summed E-state index contributed by atoms with van der Waals surface area (Å²) in [4.78, 5) is 14.3. The molecule has 1 heterocycles. The highest BCUT2D eigenvalue weighted by atomic mass is 16.3. The van der Waals surface area contributed by atoms with E-state index in [1.165, 1.54) is 0 Å². The molecule has 0 spiro atoms. The number of amides is 1. The fourth-order valence-corrected chi connectivity index (χ4v) is 2.67. The van der Waals surface area contributed by atoms with E-state index in [9.17, 15) is 9.90 Å². The topological polar surface area (TPSA) is 66.6 Å². The Kier molecular flexibility index (Phi) is 4.65. The van der Waals surface area contributed by atoms with Gasteiger partial charge in [-0.25, -0.2) is 0 Å². The Bertz CT molecular complexity index is 458. The molecule has 1 aromatic carbocycles. The van der Waals surface area contributed by atoms with Crippen LogP contribution in [-0.4, -0.2) is 35.0 Å². The largest absolute Gasteiger partial charge is 0.508 e. The summed E-state index contributed by atoms with van der Waals surface area (Å²) in [5.41, 5.74) is 7.02. The van der Waals surface area contributed by atoms with Gasteiger partial charge in [-0.3, -0.25) is 4.79 Å². The number of phenolic OH excluding ortho intramolecular Hbond substituents is 1. The van der Waals surface area contributed by atoms with Crippen molar-refractivity contribution < 1.29 is 9.90 Å². The summed E-state index contributed by atoms with van der Waals surface area (Å²) in [6.45, 7) is 6.05. The van der Waals surface area contributed by atoms with Crippen LogP contribution in [0.5, 0.6) is 5.75 Å². The van der Waals surface area contributed by atoms with Crippen molar-refractivity contribution in [3.8, 4) is 5.75 Å². The minimum atomic E-state index is -0.500. The predicted molar refractivity (Wildman–Crippen MR) is 79.3 cm³/mol. The Labute approximate surface area is 120 Å². The molecule has 4 heteroatoms. The molecular weight excluding hydrogens is 252 g/mol. The van der Waals surface area contributed by atoms with E-state index in [0.717, 1.165) is 25.1 Å². The van der Waals surface area contributed by atoms with Crippen LogP contribution in [0.3, 0.4) is 0 Å². The summed E-state index contributed by atoms with van der Waals surface area (Å²) in [6, 6.07) is 6.36. The molecule has 0 bridgehead atoms. The van der Waals surface area contributed by atoms with Crippen LogP contribution in [0.4, 0.5) is 0 Å². The van der Waals surface area contributed by atoms with Gasteiger partial charge < -0.3 is 15.7 Å². The summed E-state index contributed by atoms with van der Waals surface area (Å²) in [6.07, 6.45) is 1.57. The van der Waals surface area contributed by atoms with E-state index in [-0.39, 0.29) is 11.7 Å². The van der Waals surface area contributed by atoms with Gasteiger partial charge in [0.25, 0.3) is 0 Å². The van der Waals surface area contributed by atoms with E-state index in [2.05, 4.69) is 13.8 Å². The van der Waals surface area contributed by atoms with Crippen molar-refractivity contribution >= 4 is 5.91 Å². The smallest absolute Gasteiger partial charge is 0.239 e. The van der Waals surface area contributed by atoms with Gasteiger partial charge in [-0.05, 0) is 42.4 Å². The van der Waals surface area contributed by atoms with Crippen molar-refractivity contribution in [3.63, 3.8) is 0 Å². The summed E-state index contributed by atoms with van der Waals surface area (Å²) < 4.78 is 0. The molecule has 3 N–H and O–H groups in total. The number of likely N-dealkylation sites (tertiary alicyclic amines) is 1. The first-order valence-electron chi connectivity index (χ1n) is 7.29. The number of nitrogens with two attached hydrogens (primary N) is 1. The summed E-state index contributed by atoms with van der Waals surface area (Å²) in [5, 5.41) is 9.25. The number of nitrogens with zero attached hydrogens (tertiary/aromatic N) is 1. The summed E-state index contributed by atoms with van der Waals surface area (Å²) in [7, 11) is 0. The average Bonchev–Trinajstić information content (AvgIpc) is 2.43. The van der Waals surface area contributed by atoms with Gasteiger partial charge in [-0.15, -0.1) is 0 Å². The summed E-state index contributed by atoms with van der Waals surface area (Å²) >= 11 is 0. The second kappa shape index (κ2) is 6.27. The van der Waals surface area contributed by atoms with Gasteiger partial charge >= 0.3 is 0 Å². The fraction of sp³-hybridized carbons (Fsp3) is 0.562. The van der Waals surface area contributed by atoms with Crippen LogP contribution in [0.1, 0.15) is 25.8 Å². The first-order chi connectivity index (χ1) is 9.47.